The van der Waals surface area contributed by atoms with E-state index in [9.17, 15) is 13.2 Å². The Balaban J connectivity index is 3.77. The Morgan fingerprint density at radius 1 is 1.40 bits per heavy atom. The van der Waals surface area contributed by atoms with Crippen molar-refractivity contribution in [3.05, 3.63) is 0 Å². The van der Waals surface area contributed by atoms with E-state index < -0.39 is 9.84 Å². The summed E-state index contributed by atoms with van der Waals surface area (Å²) in [6, 6.07) is -0.666. The minimum Gasteiger partial charge on any atom is -0.338 e. The zero-order chi connectivity index (χ0) is 11.9. The van der Waals surface area contributed by atoms with Crippen LogP contribution in [0.3, 0.4) is 0 Å². The molecule has 0 radical (unpaired) electrons. The van der Waals surface area contributed by atoms with Gasteiger partial charge in [-0.25, -0.2) is 13.2 Å². The van der Waals surface area contributed by atoms with Crippen molar-refractivity contribution in [2.24, 2.45) is 0 Å². The summed E-state index contributed by atoms with van der Waals surface area (Å²) in [6.07, 6.45) is 3.09. The molecule has 0 aromatic heterocycles. The fraction of sp³-hybridized carbons (Fsp3) is 0.889. The summed E-state index contributed by atoms with van der Waals surface area (Å²) in [7, 11) is -3.04. The second-order valence-corrected chi connectivity index (χ2v) is 5.93. The normalized spacial score (nSPS) is 13.3. The molecule has 6 heteroatoms. The topological polar surface area (TPSA) is 75.3 Å². The van der Waals surface area contributed by atoms with E-state index in [1.165, 1.54) is 0 Å². The zero-order valence-electron chi connectivity index (χ0n) is 9.54. The summed E-state index contributed by atoms with van der Waals surface area (Å²) in [6.45, 7) is 4.32. The minimum absolute atomic E-state index is 0.0335. The van der Waals surface area contributed by atoms with Crippen molar-refractivity contribution in [3.63, 3.8) is 0 Å². The van der Waals surface area contributed by atoms with Crippen LogP contribution in [0.15, 0.2) is 0 Å². The van der Waals surface area contributed by atoms with Gasteiger partial charge in [0.25, 0.3) is 0 Å². The Morgan fingerprint density at radius 3 is 2.47 bits per heavy atom. The van der Waals surface area contributed by atoms with Crippen molar-refractivity contribution >= 4 is 15.9 Å². The van der Waals surface area contributed by atoms with Gasteiger partial charge in [-0.3, -0.25) is 0 Å². The van der Waals surface area contributed by atoms with Crippen molar-refractivity contribution in [2.45, 2.75) is 32.7 Å². The average Bonchev–Trinajstić information content (AvgIpc) is 2.00. The highest BCUT2D eigenvalue weighted by atomic mass is 32.2. The summed E-state index contributed by atoms with van der Waals surface area (Å²) in [5, 5.41) is 5.22. The number of hydrogen-bond acceptors (Lipinski definition) is 3. The molecule has 0 saturated carbocycles. The van der Waals surface area contributed by atoms with Crippen LogP contribution >= 0.6 is 0 Å². The van der Waals surface area contributed by atoms with Crippen LogP contribution in [-0.2, 0) is 9.84 Å². The fourth-order valence-corrected chi connectivity index (χ4v) is 2.14. The van der Waals surface area contributed by atoms with Crippen molar-refractivity contribution < 1.29 is 13.2 Å². The molecule has 90 valence electrons. The predicted molar refractivity (Wildman–Crippen MR) is 60.6 cm³/mol. The van der Waals surface area contributed by atoms with E-state index in [0.717, 1.165) is 19.1 Å². The summed E-state index contributed by atoms with van der Waals surface area (Å²) < 4.78 is 21.8. The van der Waals surface area contributed by atoms with Gasteiger partial charge in [-0.2, -0.15) is 0 Å². The SMILES string of the molecule is CCCCNC(=O)NC(C)CS(C)(=O)=O. The number of rotatable bonds is 6. The Hall–Kier alpha value is -0.780. The Morgan fingerprint density at radius 2 is 2.00 bits per heavy atom. The number of sulfone groups is 1. The number of carbonyl (C=O) groups excluding carboxylic acids is 1. The minimum atomic E-state index is -3.04. The van der Waals surface area contributed by atoms with E-state index in [1.54, 1.807) is 6.92 Å². The van der Waals surface area contributed by atoms with Gasteiger partial charge in [0.05, 0.1) is 5.75 Å². The van der Waals surface area contributed by atoms with Gasteiger partial charge in [-0.05, 0) is 13.3 Å². The van der Waals surface area contributed by atoms with E-state index in [-0.39, 0.29) is 17.8 Å². The maximum absolute atomic E-state index is 11.2. The molecule has 1 atom stereocenters. The Bertz CT molecular complexity index is 288. The highest BCUT2D eigenvalue weighted by Crippen LogP contribution is 1.90. The molecule has 0 aliphatic heterocycles. The van der Waals surface area contributed by atoms with Gasteiger partial charge in [-0.15, -0.1) is 0 Å². The molecule has 0 spiro atoms. The second kappa shape index (κ2) is 6.66. The average molecular weight is 236 g/mol. The number of urea groups is 1. The first-order chi connectivity index (χ1) is 6.85. The number of hydrogen-bond donors (Lipinski definition) is 2. The van der Waals surface area contributed by atoms with Crippen LogP contribution in [0.1, 0.15) is 26.7 Å². The second-order valence-electron chi connectivity index (χ2n) is 3.75. The van der Waals surface area contributed by atoms with E-state index >= 15 is 0 Å². The standard InChI is InChI=1S/C9H20N2O3S/c1-4-5-6-10-9(12)11-8(2)7-15(3,13)14/h8H,4-7H2,1-3H3,(H2,10,11,12). The van der Waals surface area contributed by atoms with Gasteiger partial charge in [-0.1, -0.05) is 13.3 Å². The van der Waals surface area contributed by atoms with Crippen molar-refractivity contribution in [1.29, 1.82) is 0 Å². The van der Waals surface area contributed by atoms with Crippen molar-refractivity contribution in [3.8, 4) is 0 Å². The first-order valence-corrected chi connectivity index (χ1v) is 7.13. The van der Waals surface area contributed by atoms with Gasteiger partial charge in [0, 0.05) is 18.8 Å². The van der Waals surface area contributed by atoms with Gasteiger partial charge < -0.3 is 10.6 Å². The number of unbranched alkanes of at least 4 members (excludes halogenated alkanes) is 1. The van der Waals surface area contributed by atoms with Crippen LogP contribution in [0.4, 0.5) is 4.79 Å². The van der Waals surface area contributed by atoms with Crippen LogP contribution in [0.5, 0.6) is 0 Å². The van der Waals surface area contributed by atoms with E-state index in [4.69, 9.17) is 0 Å². The smallest absolute Gasteiger partial charge is 0.315 e. The molecule has 0 bridgehead atoms. The molecule has 1 unspecified atom stereocenters. The third-order valence-corrected chi connectivity index (χ3v) is 2.85. The first-order valence-electron chi connectivity index (χ1n) is 5.07. The van der Waals surface area contributed by atoms with Gasteiger partial charge >= 0.3 is 6.03 Å². The number of carbonyl (C=O) groups is 1. The maximum Gasteiger partial charge on any atom is 0.315 e. The van der Waals surface area contributed by atoms with Gasteiger partial charge in [0.1, 0.15) is 9.84 Å². The van der Waals surface area contributed by atoms with Gasteiger partial charge in [0.2, 0.25) is 0 Å². The van der Waals surface area contributed by atoms with Gasteiger partial charge in [0.15, 0.2) is 0 Å². The monoisotopic (exact) mass is 236 g/mol. The highest BCUT2D eigenvalue weighted by Gasteiger charge is 2.12. The lowest BCUT2D eigenvalue weighted by Gasteiger charge is -2.13. The largest absolute Gasteiger partial charge is 0.338 e. The number of nitrogens with one attached hydrogen (secondary N) is 2. The molecule has 0 aliphatic carbocycles. The molecule has 2 amide bonds. The molecule has 2 N–H and O–H groups in total. The Kier molecular flexibility index (Phi) is 6.31. The predicted octanol–water partition coefficient (Wildman–Crippen LogP) is 0.519. The summed E-state index contributed by atoms with van der Waals surface area (Å²) >= 11 is 0. The molecule has 0 fully saturated rings. The van der Waals surface area contributed by atoms with Crippen LogP contribution in [0.25, 0.3) is 0 Å². The van der Waals surface area contributed by atoms with Crippen LogP contribution in [0.2, 0.25) is 0 Å². The lowest BCUT2D eigenvalue weighted by molar-refractivity contribution is 0.238. The van der Waals surface area contributed by atoms with Crippen molar-refractivity contribution in [1.82, 2.24) is 10.6 Å². The number of amides is 2. The van der Waals surface area contributed by atoms with E-state index in [1.807, 2.05) is 6.92 Å². The third-order valence-electron chi connectivity index (χ3n) is 1.75. The molecule has 0 heterocycles. The molecule has 0 saturated heterocycles. The molecule has 15 heavy (non-hydrogen) atoms. The van der Waals surface area contributed by atoms with Crippen molar-refractivity contribution in [2.75, 3.05) is 18.6 Å². The quantitative estimate of drug-likeness (QED) is 0.660. The Labute approximate surface area is 91.5 Å². The van der Waals surface area contributed by atoms with Crippen LogP contribution in [-0.4, -0.2) is 39.0 Å². The molecule has 0 aliphatic rings. The molecule has 5 nitrogen and oxygen atoms in total. The summed E-state index contributed by atoms with van der Waals surface area (Å²) in [5.41, 5.74) is 0. The summed E-state index contributed by atoms with van der Waals surface area (Å²) in [5.74, 6) is -0.0335. The summed E-state index contributed by atoms with van der Waals surface area (Å²) in [4.78, 5) is 11.2. The van der Waals surface area contributed by atoms with E-state index in [0.29, 0.717) is 6.54 Å². The zero-order valence-corrected chi connectivity index (χ0v) is 10.4. The highest BCUT2D eigenvalue weighted by molar-refractivity contribution is 7.90. The van der Waals surface area contributed by atoms with Crippen LogP contribution in [0, 0.1) is 0 Å². The molecule has 0 aromatic carbocycles. The third kappa shape index (κ3) is 9.52. The molecule has 0 aromatic rings. The lowest BCUT2D eigenvalue weighted by atomic mass is 10.3. The maximum atomic E-state index is 11.2. The molecular weight excluding hydrogens is 216 g/mol. The first kappa shape index (κ1) is 14.2. The lowest BCUT2D eigenvalue weighted by Crippen LogP contribution is -2.43. The molecule has 0 rings (SSSR count). The van der Waals surface area contributed by atoms with E-state index in [2.05, 4.69) is 10.6 Å². The van der Waals surface area contributed by atoms with Crippen LogP contribution < -0.4 is 10.6 Å². The fourth-order valence-electron chi connectivity index (χ4n) is 1.15. The molecular formula is C9H20N2O3S.